The van der Waals surface area contributed by atoms with Crippen LogP contribution in [-0.4, -0.2) is 15.0 Å². The fraction of sp³-hybridized carbons (Fsp3) is 0. The molecule has 0 aliphatic carbocycles. The molecule has 0 aliphatic rings. The fourth-order valence-corrected chi connectivity index (χ4v) is 5.88. The summed E-state index contributed by atoms with van der Waals surface area (Å²) in [7, 11) is 0. The van der Waals surface area contributed by atoms with Gasteiger partial charge < -0.3 is 0 Å². The Bertz CT molecular complexity index is 2270. The molecular weight excluding hydrogens is 618 g/mol. The van der Waals surface area contributed by atoms with Crippen LogP contribution in [-0.2, 0) is 0 Å². The molecule has 2 heterocycles. The molecule has 45 heavy (non-hydrogen) atoms. The van der Waals surface area contributed by atoms with Crippen molar-refractivity contribution in [2.45, 2.75) is 0 Å². The molecule has 0 saturated heterocycles. The normalized spacial score (nSPS) is 10.7. The van der Waals surface area contributed by atoms with Crippen molar-refractivity contribution in [3.05, 3.63) is 149 Å². The van der Waals surface area contributed by atoms with Gasteiger partial charge in [0, 0.05) is 32.7 Å². The van der Waals surface area contributed by atoms with Gasteiger partial charge in [0.15, 0.2) is 5.82 Å². The highest BCUT2D eigenvalue weighted by molar-refractivity contribution is 9.10. The quantitative estimate of drug-likeness (QED) is 0.187. The molecule has 0 amide bonds. The first-order valence-corrected chi connectivity index (χ1v) is 15.0. The summed E-state index contributed by atoms with van der Waals surface area (Å²) in [5.41, 5.74) is 10.6. The summed E-state index contributed by atoms with van der Waals surface area (Å²) in [6, 6.07) is 46.0. The molecule has 5 nitrogen and oxygen atoms in total. The second-order valence-electron chi connectivity index (χ2n) is 10.5. The Hall–Kier alpha value is -5.95. The summed E-state index contributed by atoms with van der Waals surface area (Å²) in [6.45, 7) is 0. The Balaban J connectivity index is 1.35. The van der Waals surface area contributed by atoms with E-state index in [-0.39, 0.29) is 0 Å². The zero-order valence-corrected chi connectivity index (χ0v) is 25.4. The third-order valence-electron chi connectivity index (χ3n) is 7.68. The maximum absolute atomic E-state index is 9.32. The minimum Gasteiger partial charge on any atom is -0.256 e. The molecule has 0 atom stereocenters. The maximum atomic E-state index is 9.32. The topological polar surface area (TPSA) is 86.2 Å². The molecule has 210 valence electrons. The maximum Gasteiger partial charge on any atom is 0.160 e. The zero-order valence-electron chi connectivity index (χ0n) is 23.8. The summed E-state index contributed by atoms with van der Waals surface area (Å²) >= 11 is 3.75. The SMILES string of the molecule is N#Cc1ccc(-c2ccc(-c3cc(-c4cc(Br)cc(-c5cccc6ncccc56)c4)nc(-c4ccc(C#N)cc4)n3)cc2)cc1. The van der Waals surface area contributed by atoms with Gasteiger partial charge in [-0.2, -0.15) is 10.5 Å². The molecule has 7 rings (SSSR count). The molecule has 0 bridgehead atoms. The molecule has 0 unspecified atom stereocenters. The molecule has 0 fully saturated rings. The van der Waals surface area contributed by atoms with E-state index in [1.54, 1.807) is 12.1 Å². The molecule has 2 aromatic heterocycles. The van der Waals surface area contributed by atoms with Gasteiger partial charge in [-0.05, 0) is 95.1 Å². The van der Waals surface area contributed by atoms with Crippen LogP contribution < -0.4 is 0 Å². The van der Waals surface area contributed by atoms with Crippen molar-refractivity contribution in [2.24, 2.45) is 0 Å². The van der Waals surface area contributed by atoms with Gasteiger partial charge in [0.25, 0.3) is 0 Å². The van der Waals surface area contributed by atoms with E-state index >= 15 is 0 Å². The van der Waals surface area contributed by atoms with Crippen LogP contribution >= 0.6 is 15.9 Å². The lowest BCUT2D eigenvalue weighted by atomic mass is 9.97. The van der Waals surface area contributed by atoms with Crippen LogP contribution in [0.5, 0.6) is 0 Å². The van der Waals surface area contributed by atoms with Crippen LogP contribution in [0, 0.1) is 22.7 Å². The average Bonchev–Trinajstić information content (AvgIpc) is 3.11. The molecule has 0 aliphatic heterocycles. The molecule has 0 saturated carbocycles. The van der Waals surface area contributed by atoms with E-state index in [0.29, 0.717) is 17.0 Å². The highest BCUT2D eigenvalue weighted by Gasteiger charge is 2.14. The molecular formula is C39H22BrN5. The average molecular weight is 641 g/mol. The molecule has 5 aromatic carbocycles. The van der Waals surface area contributed by atoms with Gasteiger partial charge in [0.05, 0.1) is 40.2 Å². The Morgan fingerprint density at radius 3 is 1.76 bits per heavy atom. The van der Waals surface area contributed by atoms with Crippen LogP contribution in [0.3, 0.4) is 0 Å². The van der Waals surface area contributed by atoms with Crippen molar-refractivity contribution in [1.29, 1.82) is 10.5 Å². The summed E-state index contributed by atoms with van der Waals surface area (Å²) in [5, 5.41) is 19.5. The number of halogens is 1. The van der Waals surface area contributed by atoms with E-state index < -0.39 is 0 Å². The number of nitriles is 2. The van der Waals surface area contributed by atoms with Crippen LogP contribution in [0.2, 0.25) is 0 Å². The second kappa shape index (κ2) is 12.0. The first-order valence-electron chi connectivity index (χ1n) is 14.2. The van der Waals surface area contributed by atoms with Gasteiger partial charge in [-0.1, -0.05) is 70.5 Å². The van der Waals surface area contributed by atoms with E-state index in [1.165, 1.54) is 0 Å². The van der Waals surface area contributed by atoms with E-state index in [9.17, 15) is 5.26 Å². The Labute approximate surface area is 268 Å². The number of pyridine rings is 1. The Morgan fingerprint density at radius 1 is 0.511 bits per heavy atom. The summed E-state index contributed by atoms with van der Waals surface area (Å²) in [6.07, 6.45) is 1.81. The van der Waals surface area contributed by atoms with Gasteiger partial charge >= 0.3 is 0 Å². The summed E-state index contributed by atoms with van der Waals surface area (Å²) < 4.78 is 0.933. The predicted octanol–water partition coefficient (Wildman–Crippen LogP) is 9.87. The van der Waals surface area contributed by atoms with Crippen LogP contribution in [0.25, 0.3) is 67.1 Å². The molecule has 0 radical (unpaired) electrons. The van der Waals surface area contributed by atoms with Gasteiger partial charge in [0.1, 0.15) is 0 Å². The first kappa shape index (κ1) is 27.9. The van der Waals surface area contributed by atoms with Crippen LogP contribution in [0.4, 0.5) is 0 Å². The minimum atomic E-state index is 0.569. The highest BCUT2D eigenvalue weighted by atomic mass is 79.9. The molecule has 0 spiro atoms. The van der Waals surface area contributed by atoms with Gasteiger partial charge in [-0.25, -0.2) is 9.97 Å². The van der Waals surface area contributed by atoms with E-state index in [2.05, 4.69) is 87.6 Å². The summed E-state index contributed by atoms with van der Waals surface area (Å²) in [4.78, 5) is 14.5. The fourth-order valence-electron chi connectivity index (χ4n) is 5.38. The second-order valence-corrected chi connectivity index (χ2v) is 11.4. The number of rotatable bonds is 5. The lowest BCUT2D eigenvalue weighted by Gasteiger charge is -2.13. The smallest absolute Gasteiger partial charge is 0.160 e. The van der Waals surface area contributed by atoms with E-state index in [4.69, 9.17) is 15.2 Å². The van der Waals surface area contributed by atoms with Crippen LogP contribution in [0.1, 0.15) is 11.1 Å². The van der Waals surface area contributed by atoms with Gasteiger partial charge in [-0.3, -0.25) is 4.98 Å². The number of nitrogens with zero attached hydrogens (tertiary/aromatic N) is 5. The standard InChI is InChI=1S/C39H22BrN5/c40-33-20-31(34-3-1-5-36-35(34)4-2-18-43-36)19-32(21-33)38-22-37(44-39(45-38)30-12-8-26(24-42)9-13-30)29-16-14-28(15-17-29)27-10-6-25(23-41)7-11-27/h1-22H. The Morgan fingerprint density at radius 2 is 1.09 bits per heavy atom. The van der Waals surface area contributed by atoms with E-state index in [0.717, 1.165) is 65.7 Å². The van der Waals surface area contributed by atoms with E-state index in [1.807, 2.05) is 66.9 Å². The van der Waals surface area contributed by atoms with Crippen molar-refractivity contribution < 1.29 is 0 Å². The lowest BCUT2D eigenvalue weighted by molar-refractivity contribution is 1.18. The summed E-state index contributed by atoms with van der Waals surface area (Å²) in [5.74, 6) is 0.569. The van der Waals surface area contributed by atoms with Gasteiger partial charge in [-0.15, -0.1) is 0 Å². The zero-order chi connectivity index (χ0) is 30.8. The lowest BCUT2D eigenvalue weighted by Crippen LogP contribution is -1.96. The number of hydrogen-bond acceptors (Lipinski definition) is 5. The molecule has 7 aromatic rings. The van der Waals surface area contributed by atoms with Gasteiger partial charge in [0.2, 0.25) is 0 Å². The monoisotopic (exact) mass is 639 g/mol. The minimum absolute atomic E-state index is 0.569. The number of aromatic nitrogens is 3. The number of hydrogen-bond donors (Lipinski definition) is 0. The number of fused-ring (bicyclic) bond motifs is 1. The van der Waals surface area contributed by atoms with Crippen molar-refractivity contribution in [3.63, 3.8) is 0 Å². The Kier molecular flexibility index (Phi) is 7.41. The van der Waals surface area contributed by atoms with Crippen molar-refractivity contribution in [1.82, 2.24) is 15.0 Å². The predicted molar refractivity (Wildman–Crippen MR) is 182 cm³/mol. The third kappa shape index (κ3) is 5.71. The first-order chi connectivity index (χ1) is 22.1. The van der Waals surface area contributed by atoms with Crippen LogP contribution in [0.15, 0.2) is 138 Å². The molecule has 6 heteroatoms. The highest BCUT2D eigenvalue weighted by Crippen LogP contribution is 2.35. The number of benzene rings is 5. The van der Waals surface area contributed by atoms with Crippen molar-refractivity contribution in [3.8, 4) is 68.3 Å². The van der Waals surface area contributed by atoms with Crippen molar-refractivity contribution >= 4 is 26.8 Å². The largest absolute Gasteiger partial charge is 0.256 e. The third-order valence-corrected chi connectivity index (χ3v) is 8.13. The molecule has 0 N–H and O–H groups in total. The van der Waals surface area contributed by atoms with Crippen molar-refractivity contribution in [2.75, 3.05) is 0 Å².